The molecule has 10 N–H and O–H groups in total. The molecular formula is C38H53N9O9. The molecule has 304 valence electrons. The van der Waals surface area contributed by atoms with E-state index in [4.69, 9.17) is 5.73 Å². The fraction of sp³-hybridized carbons (Fsp3) is 0.447. The lowest BCUT2D eigenvalue weighted by atomic mass is 10.0. The van der Waals surface area contributed by atoms with Crippen LogP contribution in [0.15, 0.2) is 60.7 Å². The van der Waals surface area contributed by atoms with E-state index in [-0.39, 0.29) is 32.4 Å². The third kappa shape index (κ3) is 17.8. The first-order valence-corrected chi connectivity index (χ1v) is 18.2. The van der Waals surface area contributed by atoms with E-state index < -0.39 is 90.4 Å². The molecular weight excluding hydrogens is 726 g/mol. The van der Waals surface area contributed by atoms with E-state index in [0.717, 1.165) is 0 Å². The zero-order valence-electron chi connectivity index (χ0n) is 31.9. The van der Waals surface area contributed by atoms with Crippen molar-refractivity contribution in [1.82, 2.24) is 42.5 Å². The Balaban J connectivity index is 2.21. The Bertz CT molecular complexity index is 1640. The van der Waals surface area contributed by atoms with Gasteiger partial charge in [0.05, 0.1) is 25.6 Å². The Morgan fingerprint density at radius 3 is 1.70 bits per heavy atom. The number of nitrogens with one attached hydrogen (secondary N) is 8. The summed E-state index contributed by atoms with van der Waals surface area (Å²) in [4.78, 5) is 113. The van der Waals surface area contributed by atoms with E-state index in [1.54, 1.807) is 74.6 Å². The molecule has 2 aromatic carbocycles. The second kappa shape index (κ2) is 25.0. The smallest absolute Gasteiger partial charge is 0.243 e. The molecule has 0 aliphatic heterocycles. The van der Waals surface area contributed by atoms with Crippen molar-refractivity contribution < 1.29 is 43.2 Å². The summed E-state index contributed by atoms with van der Waals surface area (Å²) in [7, 11) is 1.60. The predicted octanol–water partition coefficient (Wildman–Crippen LogP) is -2.37. The van der Waals surface area contributed by atoms with Crippen molar-refractivity contribution in [1.29, 1.82) is 0 Å². The Morgan fingerprint density at radius 1 is 0.643 bits per heavy atom. The number of benzene rings is 2. The molecule has 0 spiro atoms. The molecule has 8 amide bonds. The first-order chi connectivity index (χ1) is 26.7. The summed E-state index contributed by atoms with van der Waals surface area (Å²) in [5, 5.41) is 20.5. The van der Waals surface area contributed by atoms with Crippen LogP contribution in [0.25, 0.3) is 0 Å². The van der Waals surface area contributed by atoms with Gasteiger partial charge >= 0.3 is 0 Å². The number of carbonyl (C=O) groups is 9. The standard InChI is InChI=1S/C38H53N9O9/c1-24(40-3)35(53)45-28(34(39)52)16-10-11-17-41-32(50)22-31(44-33(51)23-43-25(2)49)38(56)47-30(21-27-14-8-5-9-15-27)37(55)46-29(36(54)42-18-19-48)20-26-12-6-4-7-13-26/h4-9,12-15,19,24,28-31,40H,10-11,16-18,20-23H2,1-3H3,(H2,39,52)(H,41,50)(H,42,54)(H,43,49)(H,44,51)(H,45,53)(H,46,55)(H,47,56)/t24-,28?,29?,30-,31?/m0/s1. The SMILES string of the molecule is CN[C@@H](C)C(=O)NC(CCCCNC(=O)CC(NC(=O)CNC(C)=O)C(=O)N[C@@H](Cc1ccccc1)C(=O)NC(Cc1ccccc1)C(=O)NCC=O)C(N)=O. The maximum Gasteiger partial charge on any atom is 0.243 e. The van der Waals surface area contributed by atoms with Gasteiger partial charge in [-0.3, -0.25) is 38.4 Å². The molecule has 0 bridgehead atoms. The maximum absolute atomic E-state index is 13.9. The van der Waals surface area contributed by atoms with Crippen LogP contribution < -0.4 is 48.3 Å². The molecule has 0 heterocycles. The Hall–Kier alpha value is -6.17. The van der Waals surface area contributed by atoms with E-state index in [9.17, 15) is 43.2 Å². The van der Waals surface area contributed by atoms with Crippen molar-refractivity contribution in [3.8, 4) is 0 Å². The van der Waals surface area contributed by atoms with Gasteiger partial charge in [0.1, 0.15) is 30.5 Å². The Morgan fingerprint density at radius 2 is 1.18 bits per heavy atom. The highest BCUT2D eigenvalue weighted by molar-refractivity contribution is 5.97. The van der Waals surface area contributed by atoms with E-state index in [1.807, 2.05) is 0 Å². The molecule has 0 saturated carbocycles. The molecule has 0 saturated heterocycles. The number of unbranched alkanes of at least 4 members (excludes halogenated alkanes) is 1. The van der Waals surface area contributed by atoms with Crippen molar-refractivity contribution in [3.63, 3.8) is 0 Å². The summed E-state index contributed by atoms with van der Waals surface area (Å²) in [6, 6.07) is 12.2. The second-order valence-corrected chi connectivity index (χ2v) is 13.0. The van der Waals surface area contributed by atoms with Crippen LogP contribution in [0.3, 0.4) is 0 Å². The summed E-state index contributed by atoms with van der Waals surface area (Å²) in [6.45, 7) is 2.17. The summed E-state index contributed by atoms with van der Waals surface area (Å²) in [5.74, 6) is -5.29. The molecule has 3 unspecified atom stereocenters. The molecule has 2 aromatic rings. The lowest BCUT2D eigenvalue weighted by molar-refractivity contribution is -0.135. The summed E-state index contributed by atoms with van der Waals surface area (Å²) in [5.41, 5.74) is 6.81. The van der Waals surface area contributed by atoms with Gasteiger partial charge in [-0.25, -0.2) is 0 Å². The number of carbonyl (C=O) groups excluding carboxylic acids is 9. The molecule has 0 fully saturated rings. The zero-order valence-corrected chi connectivity index (χ0v) is 31.9. The first kappa shape index (κ1) is 46.0. The zero-order chi connectivity index (χ0) is 41.5. The molecule has 5 atom stereocenters. The van der Waals surface area contributed by atoms with Crippen LogP contribution in [0.1, 0.15) is 50.7 Å². The molecule has 0 aliphatic rings. The van der Waals surface area contributed by atoms with E-state index >= 15 is 0 Å². The van der Waals surface area contributed by atoms with Gasteiger partial charge in [-0.05, 0) is 44.4 Å². The van der Waals surface area contributed by atoms with Gasteiger partial charge in [0.15, 0.2) is 0 Å². The maximum atomic E-state index is 13.9. The number of nitrogens with two attached hydrogens (primary N) is 1. The lowest BCUT2D eigenvalue weighted by Gasteiger charge is -2.25. The van der Waals surface area contributed by atoms with Crippen LogP contribution in [0.5, 0.6) is 0 Å². The van der Waals surface area contributed by atoms with Crippen LogP contribution in [0.2, 0.25) is 0 Å². The van der Waals surface area contributed by atoms with Gasteiger partial charge in [-0.2, -0.15) is 0 Å². The third-order valence-corrected chi connectivity index (χ3v) is 8.46. The number of rotatable bonds is 25. The number of amides is 8. The second-order valence-electron chi connectivity index (χ2n) is 13.0. The minimum Gasteiger partial charge on any atom is -0.368 e. The van der Waals surface area contributed by atoms with Crippen LogP contribution in [-0.4, -0.2) is 110 Å². The van der Waals surface area contributed by atoms with Gasteiger partial charge in [0, 0.05) is 26.3 Å². The van der Waals surface area contributed by atoms with Crippen LogP contribution >= 0.6 is 0 Å². The fourth-order valence-corrected chi connectivity index (χ4v) is 5.26. The van der Waals surface area contributed by atoms with Crippen molar-refractivity contribution in [2.24, 2.45) is 5.73 Å². The van der Waals surface area contributed by atoms with Crippen LogP contribution in [0.4, 0.5) is 0 Å². The van der Waals surface area contributed by atoms with E-state index in [1.165, 1.54) is 6.92 Å². The average Bonchev–Trinajstić information content (AvgIpc) is 3.17. The van der Waals surface area contributed by atoms with Crippen LogP contribution in [-0.2, 0) is 56.0 Å². The monoisotopic (exact) mass is 779 g/mol. The van der Waals surface area contributed by atoms with Gasteiger partial charge in [-0.15, -0.1) is 0 Å². The number of primary amides is 1. The van der Waals surface area contributed by atoms with Gasteiger partial charge in [-0.1, -0.05) is 60.7 Å². The highest BCUT2D eigenvalue weighted by Crippen LogP contribution is 2.08. The van der Waals surface area contributed by atoms with Gasteiger partial charge in [0.2, 0.25) is 47.3 Å². The fourth-order valence-electron chi connectivity index (χ4n) is 5.26. The van der Waals surface area contributed by atoms with Crippen LogP contribution in [0, 0.1) is 0 Å². The Labute approximate surface area is 325 Å². The molecule has 0 radical (unpaired) electrons. The molecule has 2 rings (SSSR count). The first-order valence-electron chi connectivity index (χ1n) is 18.2. The average molecular weight is 780 g/mol. The summed E-state index contributed by atoms with van der Waals surface area (Å²) < 4.78 is 0. The normalized spacial score (nSPS) is 13.3. The van der Waals surface area contributed by atoms with Crippen molar-refractivity contribution in [2.75, 3.05) is 26.7 Å². The number of likely N-dealkylation sites (N-methyl/N-ethyl adjacent to an activating group) is 1. The van der Waals surface area contributed by atoms with E-state index in [0.29, 0.717) is 30.3 Å². The quantitative estimate of drug-likeness (QED) is 0.0382. The molecule has 18 heteroatoms. The predicted molar refractivity (Wildman–Crippen MR) is 205 cm³/mol. The Kier molecular flexibility index (Phi) is 20.5. The van der Waals surface area contributed by atoms with Crippen molar-refractivity contribution >= 4 is 53.5 Å². The van der Waals surface area contributed by atoms with Gasteiger partial charge in [0.25, 0.3) is 0 Å². The lowest BCUT2D eigenvalue weighted by Crippen LogP contribution is -2.58. The minimum atomic E-state index is -1.50. The summed E-state index contributed by atoms with van der Waals surface area (Å²) in [6.07, 6.45) is 0.973. The largest absolute Gasteiger partial charge is 0.368 e. The molecule has 18 nitrogen and oxygen atoms in total. The van der Waals surface area contributed by atoms with Gasteiger partial charge < -0.3 is 53.1 Å². The molecule has 0 aromatic heterocycles. The van der Waals surface area contributed by atoms with E-state index in [2.05, 4.69) is 42.5 Å². The number of aldehydes is 1. The highest BCUT2D eigenvalue weighted by Gasteiger charge is 2.31. The van der Waals surface area contributed by atoms with Crippen molar-refractivity contribution in [2.45, 2.75) is 82.6 Å². The molecule has 56 heavy (non-hydrogen) atoms. The number of hydrogen-bond donors (Lipinski definition) is 9. The highest BCUT2D eigenvalue weighted by atomic mass is 16.2. The third-order valence-electron chi connectivity index (χ3n) is 8.46. The minimum absolute atomic E-state index is 0.0359. The van der Waals surface area contributed by atoms with Crippen molar-refractivity contribution in [3.05, 3.63) is 71.8 Å². The summed E-state index contributed by atoms with van der Waals surface area (Å²) >= 11 is 0. The topological polar surface area (TPSA) is 276 Å². The molecule has 0 aliphatic carbocycles. The number of hydrogen-bond acceptors (Lipinski definition) is 10.